The van der Waals surface area contributed by atoms with Crippen LogP contribution in [-0.4, -0.2) is 122 Å². The third-order valence-corrected chi connectivity index (χ3v) is 14.8. The fraction of sp³-hybridized carbons (Fsp3) is 0.479. The molecule has 17 heteroatoms. The third kappa shape index (κ3) is 7.98. The summed E-state index contributed by atoms with van der Waals surface area (Å²) in [5.74, 6) is 1.85. The van der Waals surface area contributed by atoms with Crippen molar-refractivity contribution < 1.29 is 38.5 Å². The van der Waals surface area contributed by atoms with Crippen LogP contribution in [0.2, 0.25) is 0 Å². The lowest BCUT2D eigenvalue weighted by Gasteiger charge is -2.35. The fourth-order valence-corrected chi connectivity index (χ4v) is 11.1. The van der Waals surface area contributed by atoms with Gasteiger partial charge in [-0.1, -0.05) is 36.4 Å². The summed E-state index contributed by atoms with van der Waals surface area (Å²) in [4.78, 5) is 77.8. The number of nitrogens with zero attached hydrogens (tertiary/aromatic N) is 5. The molecule has 2 aromatic carbocycles. The number of methoxy groups -OCH3 is 1. The number of alkyl carbamates (subject to hydrolysis) is 1. The van der Waals surface area contributed by atoms with Gasteiger partial charge in [-0.25, -0.2) is 24.5 Å². The Hall–Kier alpha value is -6.33. The minimum absolute atomic E-state index is 0.0270. The van der Waals surface area contributed by atoms with Crippen molar-refractivity contribution in [3.05, 3.63) is 78.6 Å². The molecular weight excluding hydrogens is 831 g/mol. The van der Waals surface area contributed by atoms with E-state index in [-0.39, 0.29) is 47.8 Å². The van der Waals surface area contributed by atoms with Gasteiger partial charge in [-0.05, 0) is 110 Å². The normalized spacial score (nSPS) is 26.0. The first-order valence-electron chi connectivity index (χ1n) is 23.0. The first-order valence-corrected chi connectivity index (χ1v) is 23.0. The van der Waals surface area contributed by atoms with Gasteiger partial charge in [0.1, 0.15) is 23.7 Å². The molecule has 5 N–H and O–H groups in total. The number of aromatic nitrogens is 5. The molecule has 5 aromatic rings. The maximum absolute atomic E-state index is 14.2. The molecule has 0 radical (unpaired) electrons. The molecule has 4 amide bonds. The van der Waals surface area contributed by atoms with Crippen molar-refractivity contribution in [3.8, 4) is 33.8 Å². The highest BCUT2D eigenvalue weighted by atomic mass is 16.5. The number of likely N-dealkylation sites (tertiary alicyclic amines) is 2. The van der Waals surface area contributed by atoms with Gasteiger partial charge in [0, 0.05) is 43.9 Å². The van der Waals surface area contributed by atoms with Crippen LogP contribution in [0.1, 0.15) is 75.1 Å². The molecule has 65 heavy (non-hydrogen) atoms. The van der Waals surface area contributed by atoms with Crippen LogP contribution in [0.4, 0.5) is 9.59 Å². The van der Waals surface area contributed by atoms with Crippen LogP contribution in [0.5, 0.6) is 0 Å². The summed E-state index contributed by atoms with van der Waals surface area (Å²) in [5.41, 5.74) is 6.26. The number of ether oxygens (including phenoxy) is 3. The van der Waals surface area contributed by atoms with E-state index in [2.05, 4.69) is 63.1 Å². The van der Waals surface area contributed by atoms with Gasteiger partial charge < -0.3 is 49.7 Å². The molecule has 3 aromatic heterocycles. The van der Waals surface area contributed by atoms with E-state index in [0.29, 0.717) is 69.8 Å². The molecule has 8 atom stereocenters. The number of benzene rings is 2. The average molecular weight is 884 g/mol. The van der Waals surface area contributed by atoms with E-state index in [9.17, 15) is 24.3 Å². The molecule has 17 nitrogen and oxygen atoms in total. The number of carbonyl (C=O) groups excluding carboxylic acids is 3. The number of pyridine rings is 1. The van der Waals surface area contributed by atoms with Crippen LogP contribution in [-0.2, 0) is 23.8 Å². The van der Waals surface area contributed by atoms with Crippen molar-refractivity contribution in [2.45, 2.75) is 87.6 Å². The summed E-state index contributed by atoms with van der Waals surface area (Å²) in [7, 11) is 1.32. The highest BCUT2D eigenvalue weighted by molar-refractivity contribution is 5.89. The Kier molecular flexibility index (Phi) is 10.8. The highest BCUT2D eigenvalue weighted by Gasteiger charge is 2.58. The van der Waals surface area contributed by atoms with Gasteiger partial charge in [-0.3, -0.25) is 9.59 Å². The number of carboxylic acid groups (broad SMARTS) is 1. The van der Waals surface area contributed by atoms with Crippen LogP contribution in [0.15, 0.2) is 67.0 Å². The standard InChI is InChI=1S/C48H53N9O8/c1-63-48(62)55-42(28-12-16-65-17-13-28)46(59)57-38-20-31(38)21-39(57)43-49-23-35(52-43)26-4-2-25(3-5-26)29-6-8-33-30(18-29)7-9-34(51-33)36-24-50-44(53-36)40-22-32-19-37(32)56(40)45(58)41(54-47(60)61)27-10-14-64-15-11-27/h2-9,18,23-24,27-28,31-32,37-42,54H,10-17,19-22H2,1H3,(H,49,52)(H,50,53)(H,55,62)(H,60,61)/t31-,32+,37+,38+,39-,40-,41-,42-/m0/s1. The van der Waals surface area contributed by atoms with Gasteiger partial charge in [0.05, 0.1) is 54.2 Å². The molecule has 0 unspecified atom stereocenters. The van der Waals surface area contributed by atoms with E-state index in [1.54, 1.807) is 6.20 Å². The average Bonchev–Trinajstić information content (AvgIpc) is 3.92. The molecule has 4 aliphatic heterocycles. The Balaban J connectivity index is 0.768. The number of fused-ring (bicyclic) bond motifs is 3. The van der Waals surface area contributed by atoms with Crippen molar-refractivity contribution in [2.75, 3.05) is 33.5 Å². The lowest BCUT2D eigenvalue weighted by molar-refractivity contribution is -0.138. The predicted octanol–water partition coefficient (Wildman–Crippen LogP) is 6.22. The summed E-state index contributed by atoms with van der Waals surface area (Å²) in [6.07, 6.45) is 7.96. The first-order chi connectivity index (χ1) is 31.7. The topological polar surface area (TPSA) is 217 Å². The van der Waals surface area contributed by atoms with Gasteiger partial charge >= 0.3 is 12.2 Å². The predicted molar refractivity (Wildman–Crippen MR) is 236 cm³/mol. The summed E-state index contributed by atoms with van der Waals surface area (Å²) in [6.45, 7) is 2.15. The second-order valence-corrected chi connectivity index (χ2v) is 18.6. The lowest BCUT2D eigenvalue weighted by Crippen LogP contribution is -2.54. The number of hydrogen-bond acceptors (Lipinski definition) is 10. The van der Waals surface area contributed by atoms with Gasteiger partial charge in [0.25, 0.3) is 0 Å². The van der Waals surface area contributed by atoms with Crippen LogP contribution >= 0.6 is 0 Å². The molecule has 0 bridgehead atoms. The summed E-state index contributed by atoms with van der Waals surface area (Å²) in [5, 5.41) is 16.0. The van der Waals surface area contributed by atoms with Crippen LogP contribution in [0.25, 0.3) is 44.7 Å². The quantitative estimate of drug-likeness (QED) is 0.100. The Morgan fingerprint density at radius 2 is 1.23 bits per heavy atom. The number of carbonyl (C=O) groups is 4. The van der Waals surface area contributed by atoms with Crippen molar-refractivity contribution >= 4 is 34.9 Å². The van der Waals surface area contributed by atoms with E-state index in [0.717, 1.165) is 76.2 Å². The zero-order valence-electron chi connectivity index (χ0n) is 36.2. The zero-order valence-corrected chi connectivity index (χ0v) is 36.2. The van der Waals surface area contributed by atoms with E-state index >= 15 is 0 Å². The number of amides is 4. The Morgan fingerprint density at radius 1 is 0.692 bits per heavy atom. The van der Waals surface area contributed by atoms with Crippen molar-refractivity contribution in [1.82, 2.24) is 45.4 Å². The van der Waals surface area contributed by atoms with E-state index in [1.165, 1.54) is 7.11 Å². The zero-order chi connectivity index (χ0) is 44.3. The fourth-order valence-electron chi connectivity index (χ4n) is 11.1. The Bertz CT molecular complexity index is 2620. The smallest absolute Gasteiger partial charge is 0.407 e. The third-order valence-electron chi connectivity index (χ3n) is 14.8. The maximum Gasteiger partial charge on any atom is 0.407 e. The van der Waals surface area contributed by atoms with Crippen molar-refractivity contribution in [3.63, 3.8) is 0 Å². The molecular formula is C48H53N9O8. The number of rotatable bonds is 11. The van der Waals surface area contributed by atoms with Gasteiger partial charge in [0.15, 0.2) is 0 Å². The SMILES string of the molecule is COC(=O)N[C@H](C(=O)N1[C@@H]2C[C@H]2C[C@H]1c1ncc(-c2ccc(-c3ccc4nc(-c5cnc([C@@H]6C[C@H]7C[C@H]7N6C(=O)[C@@H](NC(=O)O)C6CCOCC6)[nH]5)ccc4c3)cc2)[nH]1)C1CCOCC1. The van der Waals surface area contributed by atoms with Gasteiger partial charge in [-0.2, -0.15) is 0 Å². The number of imidazole rings is 2. The van der Waals surface area contributed by atoms with Crippen molar-refractivity contribution in [2.24, 2.45) is 23.7 Å². The molecule has 11 rings (SSSR count). The minimum Gasteiger partial charge on any atom is -0.465 e. The minimum atomic E-state index is -1.20. The van der Waals surface area contributed by atoms with E-state index in [1.807, 2.05) is 28.1 Å². The second kappa shape index (κ2) is 16.9. The Labute approximate surface area is 375 Å². The van der Waals surface area contributed by atoms with Gasteiger partial charge in [-0.15, -0.1) is 0 Å². The highest BCUT2D eigenvalue weighted by Crippen LogP contribution is 2.55. The van der Waals surface area contributed by atoms with Gasteiger partial charge in [0.2, 0.25) is 11.8 Å². The first kappa shape index (κ1) is 41.4. The number of aromatic amines is 2. The van der Waals surface area contributed by atoms with Crippen molar-refractivity contribution in [1.29, 1.82) is 0 Å². The molecule has 6 aliphatic rings. The van der Waals surface area contributed by atoms with Crippen LogP contribution < -0.4 is 10.6 Å². The van der Waals surface area contributed by atoms with E-state index in [4.69, 9.17) is 29.2 Å². The van der Waals surface area contributed by atoms with Crippen LogP contribution in [0, 0.1) is 23.7 Å². The van der Waals surface area contributed by atoms with E-state index < -0.39 is 24.3 Å². The molecule has 7 heterocycles. The number of nitrogens with one attached hydrogen (secondary N) is 4. The summed E-state index contributed by atoms with van der Waals surface area (Å²) >= 11 is 0. The second-order valence-electron chi connectivity index (χ2n) is 18.6. The summed E-state index contributed by atoms with van der Waals surface area (Å²) < 4.78 is 16.0. The molecule has 2 saturated carbocycles. The molecule has 338 valence electrons. The monoisotopic (exact) mass is 883 g/mol. The molecule has 4 saturated heterocycles. The lowest BCUT2D eigenvalue weighted by atomic mass is 9.90. The Morgan fingerprint density at radius 3 is 1.82 bits per heavy atom. The largest absolute Gasteiger partial charge is 0.465 e. The molecule has 6 fully saturated rings. The molecule has 0 spiro atoms. The number of hydrogen-bond donors (Lipinski definition) is 5. The number of piperidine rings is 2. The number of H-pyrrole nitrogens is 2. The molecule has 2 aliphatic carbocycles. The maximum atomic E-state index is 14.2. The summed E-state index contributed by atoms with van der Waals surface area (Å²) in [6, 6.07) is 16.8. The van der Waals surface area contributed by atoms with Crippen LogP contribution in [0.3, 0.4) is 0 Å².